The molecule has 5 nitrogen and oxygen atoms in total. The van der Waals surface area contributed by atoms with Gasteiger partial charge in [0.1, 0.15) is 0 Å². The van der Waals surface area contributed by atoms with Crippen molar-refractivity contribution >= 4 is 23.2 Å². The highest BCUT2D eigenvalue weighted by Gasteiger charge is 2.55. The van der Waals surface area contributed by atoms with Crippen LogP contribution in [0.15, 0.2) is 48.5 Å². The largest absolute Gasteiger partial charge is 0.481 e. The van der Waals surface area contributed by atoms with Crippen molar-refractivity contribution in [3.8, 4) is 17.2 Å². The molecule has 2 aliphatic rings. The predicted molar refractivity (Wildman–Crippen MR) is 136 cm³/mol. The number of aliphatic carboxylic acids is 1. The lowest BCUT2D eigenvalue weighted by atomic mass is 9.50. The van der Waals surface area contributed by atoms with Crippen LogP contribution in [0.5, 0.6) is 0 Å². The van der Waals surface area contributed by atoms with Gasteiger partial charge < -0.3 is 10.4 Å². The summed E-state index contributed by atoms with van der Waals surface area (Å²) in [4.78, 5) is 26.6. The maximum atomic E-state index is 13.3. The van der Waals surface area contributed by atoms with Crippen molar-refractivity contribution in [3.05, 3.63) is 80.5 Å². The van der Waals surface area contributed by atoms with Gasteiger partial charge in [-0.25, -0.2) is 0 Å². The summed E-state index contributed by atoms with van der Waals surface area (Å²) in [6, 6.07) is 18.2. The van der Waals surface area contributed by atoms with Gasteiger partial charge >= 0.3 is 5.97 Å². The third kappa shape index (κ3) is 4.49. The Morgan fingerprint density at radius 2 is 1.77 bits per heavy atom. The molecule has 2 saturated carbocycles. The molecule has 2 aliphatic carbocycles. The molecule has 5 rings (SSSR count). The zero-order valence-corrected chi connectivity index (χ0v) is 20.7. The first-order valence-electron chi connectivity index (χ1n) is 12.0. The number of thiophene rings is 1. The number of carbonyl (C=O) groups is 2. The van der Waals surface area contributed by atoms with E-state index in [1.54, 1.807) is 17.4 Å². The number of nitrogens with zero attached hydrogens (tertiary/aromatic N) is 1. The van der Waals surface area contributed by atoms with E-state index < -0.39 is 5.97 Å². The Bertz CT molecular complexity index is 1340. The number of amides is 1. The van der Waals surface area contributed by atoms with Gasteiger partial charge in [0, 0.05) is 15.8 Å². The zero-order chi connectivity index (χ0) is 24.7. The van der Waals surface area contributed by atoms with Gasteiger partial charge in [-0.2, -0.15) is 5.26 Å². The number of rotatable bonds is 6. The topological polar surface area (TPSA) is 90.2 Å². The fraction of sp³-hybridized carbons (Fsp3) is 0.345. The molecule has 0 unspecified atom stereocenters. The Morgan fingerprint density at radius 1 is 1.06 bits per heavy atom. The van der Waals surface area contributed by atoms with Gasteiger partial charge in [0.15, 0.2) is 0 Å². The number of carboxylic acid groups (broad SMARTS) is 1. The summed E-state index contributed by atoms with van der Waals surface area (Å²) in [5, 5.41) is 21.5. The van der Waals surface area contributed by atoms with Crippen molar-refractivity contribution in [2.45, 2.75) is 52.0 Å². The van der Waals surface area contributed by atoms with E-state index in [2.05, 4.69) is 42.6 Å². The van der Waals surface area contributed by atoms with E-state index in [0.29, 0.717) is 12.0 Å². The van der Waals surface area contributed by atoms with Gasteiger partial charge in [0.25, 0.3) is 5.91 Å². The second kappa shape index (κ2) is 8.98. The number of nitrogens with one attached hydrogen (secondary N) is 1. The number of carboxylic acids is 1. The second-order valence-electron chi connectivity index (χ2n) is 10.2. The van der Waals surface area contributed by atoms with Gasteiger partial charge in [-0.05, 0) is 85.8 Å². The molecule has 35 heavy (non-hydrogen) atoms. The fourth-order valence-corrected chi connectivity index (χ4v) is 6.94. The van der Waals surface area contributed by atoms with E-state index in [-0.39, 0.29) is 23.3 Å². The molecule has 0 atom stereocenters. The summed E-state index contributed by atoms with van der Waals surface area (Å²) in [5.74, 6) is -0.914. The van der Waals surface area contributed by atoms with E-state index in [1.165, 1.54) is 0 Å². The number of hydrogen-bond donors (Lipinski definition) is 2. The van der Waals surface area contributed by atoms with Crippen LogP contribution < -0.4 is 5.32 Å². The van der Waals surface area contributed by atoms with E-state index >= 15 is 0 Å². The smallest absolute Gasteiger partial charge is 0.306 e. The van der Waals surface area contributed by atoms with E-state index in [9.17, 15) is 9.59 Å². The van der Waals surface area contributed by atoms with Crippen molar-refractivity contribution in [2.75, 3.05) is 0 Å². The van der Waals surface area contributed by atoms with Gasteiger partial charge in [-0.15, -0.1) is 11.3 Å². The predicted octanol–water partition coefficient (Wildman–Crippen LogP) is 5.87. The van der Waals surface area contributed by atoms with Crippen molar-refractivity contribution < 1.29 is 14.7 Å². The highest BCUT2D eigenvalue weighted by molar-refractivity contribution is 7.12. The molecule has 0 saturated heterocycles. The van der Waals surface area contributed by atoms with Crippen LogP contribution in [0.2, 0.25) is 0 Å². The van der Waals surface area contributed by atoms with Crippen LogP contribution in [-0.4, -0.2) is 23.0 Å². The van der Waals surface area contributed by atoms with Crippen molar-refractivity contribution in [3.63, 3.8) is 0 Å². The third-order valence-electron chi connectivity index (χ3n) is 7.67. The van der Waals surface area contributed by atoms with Gasteiger partial charge in [0.2, 0.25) is 0 Å². The summed E-state index contributed by atoms with van der Waals surface area (Å²) in [5.41, 5.74) is 5.85. The minimum Gasteiger partial charge on any atom is -0.481 e. The molecule has 2 aromatic carbocycles. The minimum absolute atomic E-state index is 0.0132. The number of hydrogen-bond acceptors (Lipinski definition) is 4. The van der Waals surface area contributed by atoms with Gasteiger partial charge in [-0.1, -0.05) is 36.4 Å². The number of benzene rings is 2. The third-order valence-corrected chi connectivity index (χ3v) is 8.74. The molecule has 0 aliphatic heterocycles. The average molecular weight is 485 g/mol. The van der Waals surface area contributed by atoms with Crippen LogP contribution in [0.25, 0.3) is 11.1 Å². The molecular weight excluding hydrogens is 456 g/mol. The van der Waals surface area contributed by atoms with Crippen LogP contribution in [0, 0.1) is 36.5 Å². The summed E-state index contributed by atoms with van der Waals surface area (Å²) >= 11 is 1.66. The van der Waals surface area contributed by atoms with Crippen LogP contribution in [0.4, 0.5) is 0 Å². The van der Waals surface area contributed by atoms with Crippen molar-refractivity contribution in [1.82, 2.24) is 5.32 Å². The Hall–Kier alpha value is -3.43. The van der Waals surface area contributed by atoms with Crippen molar-refractivity contribution in [1.29, 1.82) is 5.26 Å². The quantitative estimate of drug-likeness (QED) is 0.458. The maximum absolute atomic E-state index is 13.3. The minimum atomic E-state index is -0.694. The highest BCUT2D eigenvalue weighted by atomic mass is 32.1. The molecule has 1 amide bonds. The number of aryl methyl sites for hydroxylation is 2. The lowest BCUT2D eigenvalue weighted by molar-refractivity contribution is -0.155. The molecule has 3 aromatic rings. The van der Waals surface area contributed by atoms with E-state index in [0.717, 1.165) is 63.3 Å². The molecule has 2 fully saturated rings. The van der Waals surface area contributed by atoms with E-state index in [4.69, 9.17) is 10.4 Å². The SMILES string of the molecule is Cc1sc(C)c(C(=O)NC2CC3(C2)CC(C(=O)O)C3)c1Cc1ccc(-c2cccc(C#N)c2)cc1. The highest BCUT2D eigenvalue weighted by Crippen LogP contribution is 2.58. The molecule has 1 spiro atoms. The first-order valence-corrected chi connectivity index (χ1v) is 12.8. The molecule has 1 heterocycles. The first-order chi connectivity index (χ1) is 16.8. The van der Waals surface area contributed by atoms with Gasteiger partial charge in [0.05, 0.1) is 23.1 Å². The number of nitriles is 1. The fourth-order valence-electron chi connectivity index (χ4n) is 5.87. The summed E-state index contributed by atoms with van der Waals surface area (Å²) in [7, 11) is 0. The van der Waals surface area contributed by atoms with Crippen LogP contribution in [-0.2, 0) is 11.2 Å². The lowest BCUT2D eigenvalue weighted by Crippen LogP contribution is -2.57. The summed E-state index contributed by atoms with van der Waals surface area (Å²) in [6.45, 7) is 4.08. The van der Waals surface area contributed by atoms with Crippen LogP contribution in [0.3, 0.4) is 0 Å². The Morgan fingerprint density at radius 3 is 2.43 bits per heavy atom. The Kier molecular flexibility index (Phi) is 5.98. The first kappa shape index (κ1) is 23.3. The average Bonchev–Trinajstić information content (AvgIpc) is 3.07. The molecule has 1 aromatic heterocycles. The standard InChI is InChI=1S/C29H28N2O3S/c1-17-25(11-19-6-8-21(9-7-19)22-5-3-4-20(10-22)16-30)26(18(2)35-17)27(32)31-24-14-29(15-24)12-23(13-29)28(33)34/h3-10,23-24H,11-15H2,1-2H3,(H,31,32)(H,33,34). The van der Waals surface area contributed by atoms with Gasteiger partial charge in [-0.3, -0.25) is 9.59 Å². The number of carbonyl (C=O) groups excluding carboxylic acids is 1. The monoisotopic (exact) mass is 484 g/mol. The normalized spacial score (nSPS) is 22.7. The Balaban J connectivity index is 1.26. The second-order valence-corrected chi connectivity index (χ2v) is 11.6. The summed E-state index contributed by atoms with van der Waals surface area (Å²) in [6.07, 6.45) is 3.94. The zero-order valence-electron chi connectivity index (χ0n) is 19.9. The molecule has 178 valence electrons. The van der Waals surface area contributed by atoms with E-state index in [1.807, 2.05) is 25.1 Å². The maximum Gasteiger partial charge on any atom is 0.306 e. The van der Waals surface area contributed by atoms with Crippen LogP contribution in [0.1, 0.15) is 62.5 Å². The molecule has 0 radical (unpaired) electrons. The van der Waals surface area contributed by atoms with Crippen LogP contribution >= 0.6 is 11.3 Å². The lowest BCUT2D eigenvalue weighted by Gasteiger charge is -2.56. The molecule has 0 bridgehead atoms. The molecule has 2 N–H and O–H groups in total. The molecular formula is C29H28N2O3S. The molecule has 6 heteroatoms. The summed E-state index contributed by atoms with van der Waals surface area (Å²) < 4.78 is 0. The Labute approximate surface area is 209 Å². The van der Waals surface area contributed by atoms with Crippen molar-refractivity contribution in [2.24, 2.45) is 11.3 Å².